The third kappa shape index (κ3) is 4.31. The zero-order valence-electron chi connectivity index (χ0n) is 17.1. The minimum absolute atomic E-state index is 0.0415. The van der Waals surface area contributed by atoms with Gasteiger partial charge in [0, 0.05) is 16.8 Å². The maximum atomic E-state index is 13.1. The van der Waals surface area contributed by atoms with Crippen LogP contribution in [0.25, 0.3) is 22.4 Å². The van der Waals surface area contributed by atoms with Crippen molar-refractivity contribution in [2.75, 3.05) is 5.32 Å². The minimum atomic E-state index is -2.97. The van der Waals surface area contributed by atoms with Gasteiger partial charge in [0.1, 0.15) is 5.75 Å². The van der Waals surface area contributed by atoms with E-state index in [1.165, 1.54) is 31.2 Å². The number of pyridine rings is 1. The van der Waals surface area contributed by atoms with E-state index in [4.69, 9.17) is 4.52 Å². The molecule has 0 spiro atoms. The molecule has 0 atom stereocenters. The van der Waals surface area contributed by atoms with Gasteiger partial charge in [-0.05, 0) is 44.2 Å². The number of carbonyl (C=O) groups is 2. The van der Waals surface area contributed by atoms with Crippen LogP contribution in [0.5, 0.6) is 5.75 Å². The van der Waals surface area contributed by atoms with Gasteiger partial charge in [-0.3, -0.25) is 9.59 Å². The maximum absolute atomic E-state index is 13.1. The van der Waals surface area contributed by atoms with Crippen molar-refractivity contribution in [3.05, 3.63) is 71.4 Å². The van der Waals surface area contributed by atoms with E-state index in [1.807, 2.05) is 0 Å². The van der Waals surface area contributed by atoms with Gasteiger partial charge < -0.3 is 14.6 Å². The van der Waals surface area contributed by atoms with Crippen LogP contribution in [0.15, 0.2) is 59.1 Å². The Morgan fingerprint density at radius 3 is 2.62 bits per heavy atom. The van der Waals surface area contributed by atoms with E-state index >= 15 is 0 Å². The molecule has 4 aromatic rings. The molecule has 0 saturated carbocycles. The molecular weight excluding hydrogens is 420 g/mol. The second-order valence-corrected chi connectivity index (χ2v) is 7.00. The number of aryl methyl sites for hydroxylation is 1. The number of amides is 1. The number of fused-ring (bicyclic) bond motifs is 1. The molecule has 0 unspecified atom stereocenters. The summed E-state index contributed by atoms with van der Waals surface area (Å²) in [4.78, 5) is 29.2. The van der Waals surface area contributed by atoms with Crippen LogP contribution in [-0.4, -0.2) is 28.4 Å². The first-order valence-electron chi connectivity index (χ1n) is 9.56. The highest BCUT2D eigenvalue weighted by Gasteiger charge is 2.20. The third-order valence-electron chi connectivity index (χ3n) is 4.74. The number of rotatable bonds is 6. The van der Waals surface area contributed by atoms with Crippen LogP contribution < -0.4 is 10.1 Å². The van der Waals surface area contributed by atoms with Gasteiger partial charge >= 0.3 is 6.61 Å². The van der Waals surface area contributed by atoms with Crippen molar-refractivity contribution in [1.82, 2.24) is 10.1 Å². The molecule has 9 heteroatoms. The number of halogens is 2. The Kier molecular flexibility index (Phi) is 5.63. The van der Waals surface area contributed by atoms with Crippen molar-refractivity contribution in [2.45, 2.75) is 20.5 Å². The highest BCUT2D eigenvalue weighted by molar-refractivity contribution is 6.13. The van der Waals surface area contributed by atoms with Gasteiger partial charge in [-0.2, -0.15) is 8.78 Å². The van der Waals surface area contributed by atoms with Gasteiger partial charge in [0.25, 0.3) is 11.6 Å². The van der Waals surface area contributed by atoms with E-state index < -0.39 is 12.5 Å². The van der Waals surface area contributed by atoms with Crippen molar-refractivity contribution in [3.63, 3.8) is 0 Å². The molecule has 162 valence electrons. The molecule has 32 heavy (non-hydrogen) atoms. The number of nitrogens with one attached hydrogen (secondary N) is 1. The lowest BCUT2D eigenvalue weighted by Crippen LogP contribution is -2.13. The molecule has 7 nitrogen and oxygen atoms in total. The predicted molar refractivity (Wildman–Crippen MR) is 113 cm³/mol. The maximum Gasteiger partial charge on any atom is 0.387 e. The first-order valence-corrected chi connectivity index (χ1v) is 9.56. The molecule has 0 radical (unpaired) electrons. The number of benzene rings is 2. The van der Waals surface area contributed by atoms with E-state index in [0.717, 1.165) is 0 Å². The average Bonchev–Trinajstić information content (AvgIpc) is 3.14. The van der Waals surface area contributed by atoms with Gasteiger partial charge in [-0.15, -0.1) is 0 Å². The third-order valence-corrected chi connectivity index (χ3v) is 4.74. The Hall–Kier alpha value is -4.14. The molecule has 4 rings (SSSR count). The second kappa shape index (κ2) is 8.54. The quantitative estimate of drug-likeness (QED) is 0.414. The van der Waals surface area contributed by atoms with Crippen LogP contribution in [0.1, 0.15) is 33.3 Å². The zero-order valence-corrected chi connectivity index (χ0v) is 17.1. The number of nitrogens with zero attached hydrogens (tertiary/aromatic N) is 2. The Bertz CT molecular complexity index is 1330. The van der Waals surface area contributed by atoms with Crippen LogP contribution in [0, 0.1) is 6.92 Å². The highest BCUT2D eigenvalue weighted by atomic mass is 19.3. The summed E-state index contributed by atoms with van der Waals surface area (Å²) in [6, 6.07) is 14.0. The highest BCUT2D eigenvalue weighted by Crippen LogP contribution is 2.30. The summed E-state index contributed by atoms with van der Waals surface area (Å²) in [6.45, 7) is 0.147. The summed E-state index contributed by atoms with van der Waals surface area (Å²) in [6.07, 6.45) is 0. The molecule has 0 bridgehead atoms. The summed E-state index contributed by atoms with van der Waals surface area (Å²) in [7, 11) is 0. The van der Waals surface area contributed by atoms with E-state index in [-0.39, 0.29) is 22.8 Å². The van der Waals surface area contributed by atoms with Crippen molar-refractivity contribution in [2.24, 2.45) is 0 Å². The molecule has 2 aromatic heterocycles. The predicted octanol–water partition coefficient (Wildman–Crippen LogP) is 5.25. The zero-order chi connectivity index (χ0) is 22.8. The molecule has 0 aliphatic carbocycles. The van der Waals surface area contributed by atoms with Gasteiger partial charge in [-0.25, -0.2) is 4.98 Å². The summed E-state index contributed by atoms with van der Waals surface area (Å²) in [5.74, 6) is -0.638. The fraction of sp³-hybridized carbons (Fsp3) is 0.130. The number of ketones is 1. The second-order valence-electron chi connectivity index (χ2n) is 7.00. The molecule has 2 heterocycles. The van der Waals surface area contributed by atoms with Crippen LogP contribution in [0.4, 0.5) is 14.5 Å². The minimum Gasteiger partial charge on any atom is -0.435 e. The average molecular weight is 437 g/mol. The summed E-state index contributed by atoms with van der Waals surface area (Å²) in [5.41, 5.74) is 2.50. The van der Waals surface area contributed by atoms with Gasteiger partial charge in [-0.1, -0.05) is 29.4 Å². The largest absolute Gasteiger partial charge is 0.435 e. The summed E-state index contributed by atoms with van der Waals surface area (Å²) >= 11 is 0. The lowest BCUT2D eigenvalue weighted by atomic mass is 10.0. The number of hydrogen-bond donors (Lipinski definition) is 1. The first kappa shape index (κ1) is 21.1. The first-order chi connectivity index (χ1) is 15.3. The monoisotopic (exact) mass is 437 g/mol. The fourth-order valence-electron chi connectivity index (χ4n) is 3.27. The van der Waals surface area contributed by atoms with Crippen molar-refractivity contribution >= 4 is 28.5 Å². The normalized spacial score (nSPS) is 11.0. The van der Waals surface area contributed by atoms with Gasteiger partial charge in [0.15, 0.2) is 5.78 Å². The van der Waals surface area contributed by atoms with Crippen LogP contribution in [0.3, 0.4) is 0 Å². The Labute approximate surface area is 181 Å². The molecular formula is C23H17F2N3O4. The molecule has 1 N–H and O–H groups in total. The van der Waals surface area contributed by atoms with Crippen molar-refractivity contribution < 1.29 is 27.6 Å². The number of anilines is 1. The van der Waals surface area contributed by atoms with E-state index in [0.29, 0.717) is 33.6 Å². The van der Waals surface area contributed by atoms with E-state index in [2.05, 4.69) is 20.2 Å². The number of alkyl halides is 2. The molecule has 0 saturated heterocycles. The van der Waals surface area contributed by atoms with Crippen molar-refractivity contribution in [3.8, 4) is 17.0 Å². The van der Waals surface area contributed by atoms with Gasteiger partial charge in [0.05, 0.1) is 22.3 Å². The standard InChI is InChI=1S/C23H17F2N3O4/c1-12-20-18(21(30)26-16-7-3-5-14(9-16)13(2)29)11-19(27-22(20)32-28-12)15-6-4-8-17(10-15)31-23(24)25/h3-11,23H,1-2H3,(H,26,30). The molecule has 0 aliphatic rings. The fourth-order valence-corrected chi connectivity index (χ4v) is 3.27. The number of Topliss-reactive ketones (excluding diaryl/α,β-unsaturated/α-hetero) is 1. The van der Waals surface area contributed by atoms with E-state index in [9.17, 15) is 18.4 Å². The molecule has 0 aliphatic heterocycles. The topological polar surface area (TPSA) is 94.3 Å². The van der Waals surface area contributed by atoms with Crippen LogP contribution >= 0.6 is 0 Å². The smallest absolute Gasteiger partial charge is 0.387 e. The van der Waals surface area contributed by atoms with E-state index in [1.54, 1.807) is 37.3 Å². The number of aromatic nitrogens is 2. The van der Waals surface area contributed by atoms with Gasteiger partial charge in [0.2, 0.25) is 0 Å². The van der Waals surface area contributed by atoms with Crippen LogP contribution in [0.2, 0.25) is 0 Å². The molecule has 2 aromatic carbocycles. The Balaban J connectivity index is 1.76. The van der Waals surface area contributed by atoms with Crippen molar-refractivity contribution in [1.29, 1.82) is 0 Å². The lowest BCUT2D eigenvalue weighted by Gasteiger charge is -2.10. The molecule has 0 fully saturated rings. The van der Waals surface area contributed by atoms with Crippen LogP contribution in [-0.2, 0) is 0 Å². The summed E-state index contributed by atoms with van der Waals surface area (Å²) in [5, 5.41) is 7.08. The summed E-state index contributed by atoms with van der Waals surface area (Å²) < 4.78 is 34.9. The Morgan fingerprint density at radius 1 is 1.09 bits per heavy atom. The Morgan fingerprint density at radius 2 is 1.88 bits per heavy atom. The molecule has 1 amide bonds. The lowest BCUT2D eigenvalue weighted by molar-refractivity contribution is -0.0498. The SMILES string of the molecule is CC(=O)c1cccc(NC(=O)c2cc(-c3cccc(OC(F)F)c3)nc3onc(C)c23)c1. The number of ether oxygens (including phenoxy) is 1. The number of carbonyl (C=O) groups excluding carboxylic acids is 2. The number of hydrogen-bond acceptors (Lipinski definition) is 6.